The van der Waals surface area contributed by atoms with Crippen molar-refractivity contribution in [2.24, 2.45) is 5.84 Å². The summed E-state index contributed by atoms with van der Waals surface area (Å²) in [6.45, 7) is 8.17. The van der Waals surface area contributed by atoms with Crippen LogP contribution in [0.5, 0.6) is 5.75 Å². The first-order valence-corrected chi connectivity index (χ1v) is 6.64. The standard InChI is InChI=1S/C14H21ClN2O2/c1-5-11(13(18)17-16)19-12-7-6-9(8-10(12)15)14(2,3)4/h6-8,11H,5,16H2,1-4H3,(H,17,18). The molecule has 0 bridgehead atoms. The van der Waals surface area contributed by atoms with Crippen molar-refractivity contribution < 1.29 is 9.53 Å². The highest BCUT2D eigenvalue weighted by atomic mass is 35.5. The van der Waals surface area contributed by atoms with E-state index in [9.17, 15) is 4.79 Å². The highest BCUT2D eigenvalue weighted by Gasteiger charge is 2.20. The van der Waals surface area contributed by atoms with Crippen molar-refractivity contribution in [2.45, 2.75) is 45.6 Å². The van der Waals surface area contributed by atoms with E-state index in [1.165, 1.54) is 0 Å². The molecular weight excluding hydrogens is 264 g/mol. The van der Waals surface area contributed by atoms with E-state index in [-0.39, 0.29) is 11.3 Å². The molecule has 0 fully saturated rings. The lowest BCUT2D eigenvalue weighted by molar-refractivity contribution is -0.128. The third kappa shape index (κ3) is 4.11. The lowest BCUT2D eigenvalue weighted by Crippen LogP contribution is -2.41. The minimum Gasteiger partial charge on any atom is -0.479 e. The SMILES string of the molecule is CCC(Oc1ccc(C(C)(C)C)cc1Cl)C(=O)NN. The molecule has 0 saturated carbocycles. The molecule has 3 N–H and O–H groups in total. The zero-order valence-electron chi connectivity index (χ0n) is 11.8. The average Bonchev–Trinajstić information content (AvgIpc) is 2.35. The van der Waals surface area contributed by atoms with Crippen LogP contribution < -0.4 is 16.0 Å². The van der Waals surface area contributed by atoms with Gasteiger partial charge in [0.25, 0.3) is 5.91 Å². The van der Waals surface area contributed by atoms with Crippen LogP contribution >= 0.6 is 11.6 Å². The summed E-state index contributed by atoms with van der Waals surface area (Å²) in [6, 6.07) is 5.60. The molecule has 1 rings (SSSR count). The number of halogens is 1. The molecule has 4 nitrogen and oxygen atoms in total. The number of hydrogen-bond acceptors (Lipinski definition) is 3. The van der Waals surface area contributed by atoms with E-state index in [4.69, 9.17) is 22.2 Å². The first kappa shape index (κ1) is 15.8. The van der Waals surface area contributed by atoms with Gasteiger partial charge in [-0.15, -0.1) is 0 Å². The molecule has 0 saturated heterocycles. The number of amides is 1. The van der Waals surface area contributed by atoms with Crippen molar-refractivity contribution in [1.82, 2.24) is 5.43 Å². The fraction of sp³-hybridized carbons (Fsp3) is 0.500. The molecule has 0 aliphatic carbocycles. The van der Waals surface area contributed by atoms with Gasteiger partial charge in [0.15, 0.2) is 6.10 Å². The molecule has 0 spiro atoms. The topological polar surface area (TPSA) is 64.3 Å². The second-order valence-electron chi connectivity index (χ2n) is 5.42. The molecule has 1 amide bonds. The Balaban J connectivity index is 2.94. The molecular formula is C14H21ClN2O2. The van der Waals surface area contributed by atoms with Gasteiger partial charge in [0.1, 0.15) is 5.75 Å². The second kappa shape index (κ2) is 6.26. The van der Waals surface area contributed by atoms with Gasteiger partial charge in [-0.05, 0) is 29.5 Å². The number of carbonyl (C=O) groups excluding carboxylic acids is 1. The van der Waals surface area contributed by atoms with Crippen LogP contribution in [0.1, 0.15) is 39.7 Å². The lowest BCUT2D eigenvalue weighted by atomic mass is 9.87. The van der Waals surface area contributed by atoms with E-state index in [2.05, 4.69) is 26.2 Å². The van der Waals surface area contributed by atoms with Crippen LogP contribution in [-0.4, -0.2) is 12.0 Å². The third-order valence-electron chi connectivity index (χ3n) is 2.87. The summed E-state index contributed by atoms with van der Waals surface area (Å²) >= 11 is 6.20. The predicted octanol–water partition coefficient (Wildman–Crippen LogP) is 2.78. The molecule has 0 aliphatic heterocycles. The lowest BCUT2D eigenvalue weighted by Gasteiger charge is -2.21. The maximum atomic E-state index is 11.5. The Morgan fingerprint density at radius 2 is 2.11 bits per heavy atom. The highest BCUT2D eigenvalue weighted by molar-refractivity contribution is 6.32. The van der Waals surface area contributed by atoms with E-state index in [1.807, 2.05) is 19.1 Å². The number of nitrogens with one attached hydrogen (secondary N) is 1. The summed E-state index contributed by atoms with van der Waals surface area (Å²) in [5, 5.41) is 0.496. The average molecular weight is 285 g/mol. The molecule has 1 unspecified atom stereocenters. The number of rotatable bonds is 4. The summed E-state index contributed by atoms with van der Waals surface area (Å²) in [5.74, 6) is 5.24. The van der Waals surface area contributed by atoms with Gasteiger partial charge >= 0.3 is 0 Å². The second-order valence-corrected chi connectivity index (χ2v) is 5.83. The van der Waals surface area contributed by atoms with Gasteiger partial charge < -0.3 is 4.74 Å². The number of ether oxygens (including phenoxy) is 1. The molecule has 106 valence electrons. The largest absolute Gasteiger partial charge is 0.479 e. The van der Waals surface area contributed by atoms with Gasteiger partial charge in [-0.3, -0.25) is 10.2 Å². The van der Waals surface area contributed by atoms with Gasteiger partial charge in [-0.2, -0.15) is 0 Å². The minimum atomic E-state index is -0.636. The Bertz CT molecular complexity index is 455. The smallest absolute Gasteiger partial charge is 0.274 e. The number of carbonyl (C=O) groups is 1. The maximum Gasteiger partial charge on any atom is 0.274 e. The van der Waals surface area contributed by atoms with E-state index in [1.54, 1.807) is 6.07 Å². The first-order valence-electron chi connectivity index (χ1n) is 6.26. The van der Waals surface area contributed by atoms with Gasteiger partial charge in [0.2, 0.25) is 0 Å². The fourth-order valence-corrected chi connectivity index (χ4v) is 1.86. The van der Waals surface area contributed by atoms with Crippen LogP contribution in [0, 0.1) is 0 Å². The van der Waals surface area contributed by atoms with Crippen molar-refractivity contribution in [1.29, 1.82) is 0 Å². The summed E-state index contributed by atoms with van der Waals surface area (Å²) < 4.78 is 5.59. The zero-order valence-corrected chi connectivity index (χ0v) is 12.5. The van der Waals surface area contributed by atoms with Crippen molar-refractivity contribution >= 4 is 17.5 Å². The molecule has 0 aliphatic rings. The number of nitrogens with two attached hydrogens (primary N) is 1. The summed E-state index contributed by atoms with van der Waals surface area (Å²) in [7, 11) is 0. The molecule has 1 aromatic carbocycles. The zero-order chi connectivity index (χ0) is 14.6. The van der Waals surface area contributed by atoms with Crippen LogP contribution in [0.2, 0.25) is 5.02 Å². The molecule has 1 atom stereocenters. The Morgan fingerprint density at radius 1 is 1.47 bits per heavy atom. The van der Waals surface area contributed by atoms with Gasteiger partial charge in [-0.25, -0.2) is 5.84 Å². The molecule has 0 heterocycles. The van der Waals surface area contributed by atoms with Crippen molar-refractivity contribution in [3.8, 4) is 5.75 Å². The van der Waals surface area contributed by atoms with E-state index >= 15 is 0 Å². The number of benzene rings is 1. The van der Waals surface area contributed by atoms with Crippen molar-refractivity contribution in [3.63, 3.8) is 0 Å². The Labute approximate surface area is 119 Å². The van der Waals surface area contributed by atoms with Crippen LogP contribution in [0.25, 0.3) is 0 Å². The molecule has 0 aromatic heterocycles. The molecule has 5 heteroatoms. The normalized spacial score (nSPS) is 12.9. The summed E-state index contributed by atoms with van der Waals surface area (Å²) in [4.78, 5) is 11.5. The Hall–Kier alpha value is -1.26. The minimum absolute atomic E-state index is 0.0148. The van der Waals surface area contributed by atoms with Crippen LogP contribution in [-0.2, 0) is 10.2 Å². The van der Waals surface area contributed by atoms with E-state index in [0.29, 0.717) is 17.2 Å². The molecule has 19 heavy (non-hydrogen) atoms. The van der Waals surface area contributed by atoms with Crippen LogP contribution in [0.4, 0.5) is 0 Å². The first-order chi connectivity index (χ1) is 8.79. The number of hydrogen-bond donors (Lipinski definition) is 2. The summed E-state index contributed by atoms with van der Waals surface area (Å²) in [5.41, 5.74) is 3.21. The Morgan fingerprint density at radius 3 is 2.53 bits per heavy atom. The van der Waals surface area contributed by atoms with Gasteiger partial charge in [-0.1, -0.05) is 45.4 Å². The Kier molecular flexibility index (Phi) is 5.20. The van der Waals surface area contributed by atoms with E-state index in [0.717, 1.165) is 5.56 Å². The van der Waals surface area contributed by atoms with Crippen LogP contribution in [0.15, 0.2) is 18.2 Å². The number of hydrazine groups is 1. The van der Waals surface area contributed by atoms with Crippen LogP contribution in [0.3, 0.4) is 0 Å². The monoisotopic (exact) mass is 284 g/mol. The van der Waals surface area contributed by atoms with E-state index < -0.39 is 6.10 Å². The summed E-state index contributed by atoms with van der Waals surface area (Å²) in [6.07, 6.45) is -0.122. The third-order valence-corrected chi connectivity index (χ3v) is 3.17. The van der Waals surface area contributed by atoms with Crippen molar-refractivity contribution in [2.75, 3.05) is 0 Å². The molecule has 0 radical (unpaired) electrons. The quantitative estimate of drug-likeness (QED) is 0.508. The fourth-order valence-electron chi connectivity index (χ4n) is 1.63. The van der Waals surface area contributed by atoms with Crippen molar-refractivity contribution in [3.05, 3.63) is 28.8 Å². The molecule has 1 aromatic rings. The van der Waals surface area contributed by atoms with Gasteiger partial charge in [0, 0.05) is 0 Å². The highest BCUT2D eigenvalue weighted by Crippen LogP contribution is 2.31. The maximum absolute atomic E-state index is 11.5. The predicted molar refractivity (Wildman–Crippen MR) is 77.2 cm³/mol. The van der Waals surface area contributed by atoms with Gasteiger partial charge in [0.05, 0.1) is 5.02 Å².